The standard InChI is InChI=1S/C19H15N3O5S/c1-12-20-17(13-6-3-2-4-7-13)18(28-12)19(24)27-11-16(23)21-14-8-5-9-15(10-14)22(25)26/h2-10H,11H2,1H3,(H,21,23). The maximum Gasteiger partial charge on any atom is 0.351 e. The number of non-ortho nitro benzene ring substituents is 1. The number of carbonyl (C=O) groups excluding carboxylic acids is 2. The molecule has 28 heavy (non-hydrogen) atoms. The van der Waals surface area contributed by atoms with E-state index in [2.05, 4.69) is 10.3 Å². The van der Waals surface area contributed by atoms with Gasteiger partial charge in [-0.25, -0.2) is 9.78 Å². The van der Waals surface area contributed by atoms with Crippen LogP contribution in [0.1, 0.15) is 14.7 Å². The second-order valence-corrected chi connectivity index (χ2v) is 6.91. The SMILES string of the molecule is Cc1nc(-c2ccccc2)c(C(=O)OCC(=O)Nc2cccc([N+](=O)[O-])c2)s1. The average Bonchev–Trinajstić information content (AvgIpc) is 3.09. The number of anilines is 1. The lowest BCUT2D eigenvalue weighted by Crippen LogP contribution is -2.20. The Hall–Kier alpha value is -3.59. The molecule has 0 saturated heterocycles. The first-order valence-corrected chi connectivity index (χ1v) is 9.00. The third-order valence-electron chi connectivity index (χ3n) is 3.64. The number of nitrogens with zero attached hydrogens (tertiary/aromatic N) is 2. The monoisotopic (exact) mass is 397 g/mol. The Morgan fingerprint density at radius 3 is 2.64 bits per heavy atom. The zero-order valence-corrected chi connectivity index (χ0v) is 15.6. The van der Waals surface area contributed by atoms with E-state index in [-0.39, 0.29) is 11.4 Å². The number of nitro groups is 1. The molecule has 0 fully saturated rings. The summed E-state index contributed by atoms with van der Waals surface area (Å²) in [6, 6.07) is 14.7. The summed E-state index contributed by atoms with van der Waals surface area (Å²) < 4.78 is 5.10. The van der Waals surface area contributed by atoms with Crippen LogP contribution in [0.3, 0.4) is 0 Å². The zero-order valence-electron chi connectivity index (χ0n) is 14.7. The number of nitro benzene ring substituents is 1. The van der Waals surface area contributed by atoms with Crippen molar-refractivity contribution in [3.8, 4) is 11.3 Å². The minimum absolute atomic E-state index is 0.151. The minimum atomic E-state index is -0.654. The normalized spacial score (nSPS) is 10.3. The van der Waals surface area contributed by atoms with Crippen LogP contribution in [0.25, 0.3) is 11.3 Å². The van der Waals surface area contributed by atoms with Crippen LogP contribution in [0.15, 0.2) is 54.6 Å². The van der Waals surface area contributed by atoms with Crippen molar-refractivity contribution >= 4 is 34.6 Å². The summed E-state index contributed by atoms with van der Waals surface area (Å²) in [7, 11) is 0. The van der Waals surface area contributed by atoms with Crippen molar-refractivity contribution in [2.45, 2.75) is 6.92 Å². The van der Waals surface area contributed by atoms with Gasteiger partial charge in [0.2, 0.25) is 0 Å². The number of esters is 1. The summed E-state index contributed by atoms with van der Waals surface area (Å²) in [6.07, 6.45) is 0. The molecule has 0 bridgehead atoms. The largest absolute Gasteiger partial charge is 0.451 e. The molecule has 8 nitrogen and oxygen atoms in total. The second kappa shape index (κ2) is 8.40. The Kier molecular flexibility index (Phi) is 5.75. The van der Waals surface area contributed by atoms with Gasteiger partial charge in [-0.3, -0.25) is 14.9 Å². The van der Waals surface area contributed by atoms with Gasteiger partial charge >= 0.3 is 5.97 Å². The molecule has 0 spiro atoms. The summed E-state index contributed by atoms with van der Waals surface area (Å²) in [6.45, 7) is 1.26. The van der Waals surface area contributed by atoms with E-state index in [0.29, 0.717) is 15.6 Å². The summed E-state index contributed by atoms with van der Waals surface area (Å²) in [5, 5.41) is 13.9. The number of hydrogen-bond donors (Lipinski definition) is 1. The van der Waals surface area contributed by atoms with Crippen LogP contribution in [0.4, 0.5) is 11.4 Å². The predicted octanol–water partition coefficient (Wildman–Crippen LogP) is 3.82. The van der Waals surface area contributed by atoms with Crippen molar-refractivity contribution in [2.75, 3.05) is 11.9 Å². The van der Waals surface area contributed by atoms with Crippen LogP contribution in [-0.2, 0) is 9.53 Å². The fourth-order valence-corrected chi connectivity index (χ4v) is 3.28. The molecule has 2 aromatic carbocycles. The number of aryl methyl sites for hydroxylation is 1. The molecule has 0 radical (unpaired) electrons. The number of ether oxygens (including phenoxy) is 1. The van der Waals surface area contributed by atoms with Crippen molar-refractivity contribution in [2.24, 2.45) is 0 Å². The Morgan fingerprint density at radius 1 is 1.18 bits per heavy atom. The molecule has 1 N–H and O–H groups in total. The van der Waals surface area contributed by atoms with E-state index in [1.165, 1.54) is 35.6 Å². The van der Waals surface area contributed by atoms with Crippen molar-refractivity contribution in [3.05, 3.63) is 74.6 Å². The van der Waals surface area contributed by atoms with E-state index in [9.17, 15) is 19.7 Å². The van der Waals surface area contributed by atoms with Crippen molar-refractivity contribution < 1.29 is 19.2 Å². The topological polar surface area (TPSA) is 111 Å². The van der Waals surface area contributed by atoms with Gasteiger partial charge in [0, 0.05) is 23.4 Å². The molecule has 3 rings (SSSR count). The molecule has 0 unspecified atom stereocenters. The number of thiazole rings is 1. The van der Waals surface area contributed by atoms with Gasteiger partial charge < -0.3 is 10.1 Å². The summed E-state index contributed by atoms with van der Waals surface area (Å²) in [4.78, 5) is 39.4. The van der Waals surface area contributed by atoms with Crippen LogP contribution in [0, 0.1) is 17.0 Å². The molecular formula is C19H15N3O5S. The number of amides is 1. The first-order valence-electron chi connectivity index (χ1n) is 8.18. The Bertz CT molecular complexity index is 1030. The predicted molar refractivity (Wildman–Crippen MR) is 104 cm³/mol. The zero-order chi connectivity index (χ0) is 20.1. The van der Waals surface area contributed by atoms with Crippen molar-refractivity contribution in [1.29, 1.82) is 0 Å². The second-order valence-electron chi connectivity index (χ2n) is 5.71. The van der Waals surface area contributed by atoms with E-state index in [4.69, 9.17) is 4.74 Å². The fourth-order valence-electron chi connectivity index (χ4n) is 2.45. The molecule has 0 aliphatic rings. The summed E-state index contributed by atoms with van der Waals surface area (Å²) in [5.41, 5.74) is 1.38. The molecule has 3 aromatic rings. The maximum absolute atomic E-state index is 12.4. The van der Waals surface area contributed by atoms with E-state index < -0.39 is 23.4 Å². The smallest absolute Gasteiger partial charge is 0.351 e. The van der Waals surface area contributed by atoms with Crippen LogP contribution >= 0.6 is 11.3 Å². The van der Waals surface area contributed by atoms with E-state index in [1.807, 2.05) is 30.3 Å². The third kappa shape index (κ3) is 4.57. The first-order chi connectivity index (χ1) is 13.4. The van der Waals surface area contributed by atoms with Gasteiger partial charge in [0.05, 0.1) is 15.6 Å². The highest BCUT2D eigenvalue weighted by Gasteiger charge is 2.20. The number of rotatable bonds is 6. The molecule has 1 amide bonds. The molecule has 1 heterocycles. The average molecular weight is 397 g/mol. The van der Waals surface area contributed by atoms with Gasteiger partial charge in [-0.2, -0.15) is 0 Å². The lowest BCUT2D eigenvalue weighted by atomic mass is 10.1. The Balaban J connectivity index is 1.65. The molecule has 0 atom stereocenters. The van der Waals surface area contributed by atoms with Gasteiger partial charge in [0.1, 0.15) is 4.88 Å². The molecule has 0 aliphatic heterocycles. The molecule has 0 aliphatic carbocycles. The van der Waals surface area contributed by atoms with Gasteiger partial charge in [0.15, 0.2) is 6.61 Å². The molecule has 142 valence electrons. The molecule has 0 saturated carbocycles. The number of benzene rings is 2. The van der Waals surface area contributed by atoms with Gasteiger partial charge in [-0.05, 0) is 13.0 Å². The van der Waals surface area contributed by atoms with Gasteiger partial charge in [0.25, 0.3) is 11.6 Å². The Labute approximate surface area is 164 Å². The lowest BCUT2D eigenvalue weighted by molar-refractivity contribution is -0.384. The van der Waals surface area contributed by atoms with E-state index in [0.717, 1.165) is 5.56 Å². The lowest BCUT2D eigenvalue weighted by Gasteiger charge is -2.07. The van der Waals surface area contributed by atoms with Crippen molar-refractivity contribution in [1.82, 2.24) is 4.98 Å². The number of nitrogens with one attached hydrogen (secondary N) is 1. The third-order valence-corrected chi connectivity index (χ3v) is 4.59. The highest BCUT2D eigenvalue weighted by atomic mass is 32.1. The summed E-state index contributed by atoms with van der Waals surface area (Å²) in [5.74, 6) is -1.25. The van der Waals surface area contributed by atoms with Gasteiger partial charge in [-0.15, -0.1) is 11.3 Å². The fraction of sp³-hybridized carbons (Fsp3) is 0.105. The highest BCUT2D eigenvalue weighted by molar-refractivity contribution is 7.14. The summed E-state index contributed by atoms with van der Waals surface area (Å²) >= 11 is 1.19. The van der Waals surface area contributed by atoms with Crippen LogP contribution in [-0.4, -0.2) is 28.4 Å². The molecule has 1 aromatic heterocycles. The van der Waals surface area contributed by atoms with E-state index >= 15 is 0 Å². The number of carbonyl (C=O) groups is 2. The number of aromatic nitrogens is 1. The molecular weight excluding hydrogens is 382 g/mol. The number of hydrogen-bond acceptors (Lipinski definition) is 7. The Morgan fingerprint density at radius 2 is 1.93 bits per heavy atom. The quantitative estimate of drug-likeness (QED) is 0.384. The maximum atomic E-state index is 12.4. The molecule has 9 heteroatoms. The van der Waals surface area contributed by atoms with Crippen molar-refractivity contribution in [3.63, 3.8) is 0 Å². The highest BCUT2D eigenvalue weighted by Crippen LogP contribution is 2.28. The minimum Gasteiger partial charge on any atom is -0.451 e. The van der Waals surface area contributed by atoms with Crippen LogP contribution < -0.4 is 5.32 Å². The van der Waals surface area contributed by atoms with Crippen LogP contribution in [0.5, 0.6) is 0 Å². The van der Waals surface area contributed by atoms with Gasteiger partial charge in [-0.1, -0.05) is 36.4 Å². The van der Waals surface area contributed by atoms with E-state index in [1.54, 1.807) is 6.92 Å². The first kappa shape index (κ1) is 19.2. The van der Waals surface area contributed by atoms with Crippen LogP contribution in [0.2, 0.25) is 0 Å².